The summed E-state index contributed by atoms with van der Waals surface area (Å²) in [6.07, 6.45) is 10.4. The molecule has 2 heteroatoms. The standard InChI is InChI=1S/C23H30O2/c1-2-3-4-5-6-7-8-12-15-23(24)25-22-18-16-21(17-19-22)20-13-10-9-11-14-20/h9-11,13-14,16-19H,2-8,12,15H2,1H3. The fraction of sp³-hybridized carbons (Fsp3) is 0.435. The average molecular weight is 338 g/mol. The van der Waals surface area contributed by atoms with Gasteiger partial charge in [0.15, 0.2) is 0 Å². The third-order valence-electron chi connectivity index (χ3n) is 4.43. The van der Waals surface area contributed by atoms with E-state index >= 15 is 0 Å². The van der Waals surface area contributed by atoms with Crippen molar-refractivity contribution in [2.75, 3.05) is 0 Å². The molecule has 0 fully saturated rings. The summed E-state index contributed by atoms with van der Waals surface area (Å²) >= 11 is 0. The van der Waals surface area contributed by atoms with Gasteiger partial charge in [-0.05, 0) is 29.7 Å². The van der Waals surface area contributed by atoms with Crippen LogP contribution in [0.15, 0.2) is 54.6 Å². The van der Waals surface area contributed by atoms with Gasteiger partial charge in [-0.15, -0.1) is 0 Å². The first-order valence-electron chi connectivity index (χ1n) is 9.66. The fourth-order valence-electron chi connectivity index (χ4n) is 2.93. The van der Waals surface area contributed by atoms with E-state index in [0.717, 1.165) is 18.4 Å². The van der Waals surface area contributed by atoms with Crippen LogP contribution in [0.1, 0.15) is 64.7 Å². The quantitative estimate of drug-likeness (QED) is 0.256. The molecular weight excluding hydrogens is 308 g/mol. The highest BCUT2D eigenvalue weighted by Gasteiger charge is 2.05. The van der Waals surface area contributed by atoms with Crippen molar-refractivity contribution in [3.8, 4) is 16.9 Å². The molecule has 0 unspecified atom stereocenters. The zero-order valence-corrected chi connectivity index (χ0v) is 15.4. The van der Waals surface area contributed by atoms with Crippen molar-refractivity contribution in [1.29, 1.82) is 0 Å². The van der Waals surface area contributed by atoms with Crippen LogP contribution in [-0.2, 0) is 4.79 Å². The second-order valence-corrected chi connectivity index (χ2v) is 6.59. The minimum Gasteiger partial charge on any atom is -0.427 e. The fourth-order valence-corrected chi connectivity index (χ4v) is 2.93. The molecule has 0 aliphatic carbocycles. The molecule has 2 nitrogen and oxygen atoms in total. The van der Waals surface area contributed by atoms with Crippen LogP contribution in [-0.4, -0.2) is 5.97 Å². The van der Waals surface area contributed by atoms with E-state index in [9.17, 15) is 4.79 Å². The zero-order chi connectivity index (χ0) is 17.7. The summed E-state index contributed by atoms with van der Waals surface area (Å²) < 4.78 is 5.43. The highest BCUT2D eigenvalue weighted by atomic mass is 16.5. The third-order valence-corrected chi connectivity index (χ3v) is 4.43. The van der Waals surface area contributed by atoms with Gasteiger partial charge in [0.25, 0.3) is 0 Å². The summed E-state index contributed by atoms with van der Waals surface area (Å²) in [6, 6.07) is 17.9. The van der Waals surface area contributed by atoms with Gasteiger partial charge in [-0.25, -0.2) is 0 Å². The Bertz CT molecular complexity index is 602. The summed E-state index contributed by atoms with van der Waals surface area (Å²) in [5, 5.41) is 0. The second-order valence-electron chi connectivity index (χ2n) is 6.59. The Balaban J connectivity index is 1.64. The molecule has 0 heterocycles. The number of hydrogen-bond acceptors (Lipinski definition) is 2. The molecule has 0 atom stereocenters. The largest absolute Gasteiger partial charge is 0.427 e. The van der Waals surface area contributed by atoms with Crippen LogP contribution >= 0.6 is 0 Å². The third kappa shape index (κ3) is 7.55. The van der Waals surface area contributed by atoms with Crippen molar-refractivity contribution in [3.05, 3.63) is 54.6 Å². The topological polar surface area (TPSA) is 26.3 Å². The number of benzene rings is 2. The highest BCUT2D eigenvalue weighted by molar-refractivity contribution is 5.73. The summed E-state index contributed by atoms with van der Waals surface area (Å²) in [6.45, 7) is 2.24. The lowest BCUT2D eigenvalue weighted by atomic mass is 10.1. The van der Waals surface area contributed by atoms with Gasteiger partial charge in [-0.2, -0.15) is 0 Å². The molecule has 0 aliphatic rings. The Morgan fingerprint density at radius 1 is 0.720 bits per heavy atom. The Hall–Kier alpha value is -2.09. The van der Waals surface area contributed by atoms with E-state index in [2.05, 4.69) is 19.1 Å². The van der Waals surface area contributed by atoms with E-state index in [1.807, 2.05) is 42.5 Å². The van der Waals surface area contributed by atoms with Crippen molar-refractivity contribution in [2.24, 2.45) is 0 Å². The highest BCUT2D eigenvalue weighted by Crippen LogP contribution is 2.22. The van der Waals surface area contributed by atoms with Gasteiger partial charge < -0.3 is 4.74 Å². The van der Waals surface area contributed by atoms with Gasteiger partial charge in [-0.1, -0.05) is 94.3 Å². The van der Waals surface area contributed by atoms with Gasteiger partial charge in [0.1, 0.15) is 5.75 Å². The van der Waals surface area contributed by atoms with Crippen LogP contribution in [0.4, 0.5) is 0 Å². The summed E-state index contributed by atoms with van der Waals surface area (Å²) in [7, 11) is 0. The molecule has 0 amide bonds. The molecule has 0 spiro atoms. The maximum absolute atomic E-state index is 11.9. The van der Waals surface area contributed by atoms with E-state index in [1.165, 1.54) is 44.1 Å². The lowest BCUT2D eigenvalue weighted by Crippen LogP contribution is -2.07. The van der Waals surface area contributed by atoms with Gasteiger partial charge in [0.05, 0.1) is 0 Å². The Morgan fingerprint density at radius 3 is 1.92 bits per heavy atom. The zero-order valence-electron chi connectivity index (χ0n) is 15.4. The Kier molecular flexibility index (Phi) is 8.82. The van der Waals surface area contributed by atoms with E-state index in [4.69, 9.17) is 4.74 Å². The van der Waals surface area contributed by atoms with Crippen molar-refractivity contribution < 1.29 is 9.53 Å². The first-order valence-corrected chi connectivity index (χ1v) is 9.66. The first kappa shape index (κ1) is 19.2. The molecule has 2 rings (SSSR count). The molecule has 0 aromatic heterocycles. The number of ether oxygens (including phenoxy) is 1. The van der Waals surface area contributed by atoms with Crippen LogP contribution in [0.5, 0.6) is 5.75 Å². The lowest BCUT2D eigenvalue weighted by Gasteiger charge is -2.06. The average Bonchev–Trinajstić information content (AvgIpc) is 2.65. The van der Waals surface area contributed by atoms with Crippen LogP contribution in [0.3, 0.4) is 0 Å². The van der Waals surface area contributed by atoms with Crippen molar-refractivity contribution in [3.63, 3.8) is 0 Å². The summed E-state index contributed by atoms with van der Waals surface area (Å²) in [4.78, 5) is 11.9. The minimum atomic E-state index is -0.126. The summed E-state index contributed by atoms with van der Waals surface area (Å²) in [5.74, 6) is 0.502. The monoisotopic (exact) mass is 338 g/mol. The Labute approximate surface area is 152 Å². The van der Waals surface area contributed by atoms with E-state index < -0.39 is 0 Å². The van der Waals surface area contributed by atoms with Crippen LogP contribution in [0, 0.1) is 0 Å². The first-order chi connectivity index (χ1) is 12.3. The van der Waals surface area contributed by atoms with Crippen LogP contribution in [0.2, 0.25) is 0 Å². The maximum Gasteiger partial charge on any atom is 0.311 e. The molecule has 0 saturated carbocycles. The van der Waals surface area contributed by atoms with Gasteiger partial charge in [0, 0.05) is 6.42 Å². The van der Waals surface area contributed by atoms with Crippen LogP contribution < -0.4 is 4.74 Å². The maximum atomic E-state index is 11.9. The van der Waals surface area contributed by atoms with Crippen LogP contribution in [0.25, 0.3) is 11.1 Å². The molecule has 2 aromatic rings. The molecule has 25 heavy (non-hydrogen) atoms. The molecule has 2 aromatic carbocycles. The predicted molar refractivity (Wildman–Crippen MR) is 105 cm³/mol. The van der Waals surface area contributed by atoms with Crippen molar-refractivity contribution in [1.82, 2.24) is 0 Å². The van der Waals surface area contributed by atoms with Gasteiger partial charge in [0.2, 0.25) is 0 Å². The normalized spacial score (nSPS) is 10.6. The van der Waals surface area contributed by atoms with Crippen molar-refractivity contribution in [2.45, 2.75) is 64.7 Å². The van der Waals surface area contributed by atoms with E-state index in [0.29, 0.717) is 12.2 Å². The SMILES string of the molecule is CCCCCCCCCCC(=O)Oc1ccc(-c2ccccc2)cc1. The predicted octanol–water partition coefficient (Wildman–Crippen LogP) is 6.79. The molecule has 0 radical (unpaired) electrons. The lowest BCUT2D eigenvalue weighted by molar-refractivity contribution is -0.134. The molecule has 0 saturated heterocycles. The Morgan fingerprint density at radius 2 is 1.28 bits per heavy atom. The molecule has 0 N–H and O–H groups in total. The van der Waals surface area contributed by atoms with Crippen molar-refractivity contribution >= 4 is 5.97 Å². The number of rotatable bonds is 11. The van der Waals surface area contributed by atoms with Gasteiger partial charge in [-0.3, -0.25) is 4.79 Å². The number of esters is 1. The molecule has 134 valence electrons. The van der Waals surface area contributed by atoms with E-state index in [-0.39, 0.29) is 5.97 Å². The second kappa shape index (κ2) is 11.5. The molecular formula is C23H30O2. The number of carbonyl (C=O) groups is 1. The molecule has 0 bridgehead atoms. The number of unbranched alkanes of at least 4 members (excludes halogenated alkanes) is 7. The van der Waals surface area contributed by atoms with Gasteiger partial charge >= 0.3 is 5.97 Å². The molecule has 0 aliphatic heterocycles. The number of carbonyl (C=O) groups excluding carboxylic acids is 1. The van der Waals surface area contributed by atoms with E-state index in [1.54, 1.807) is 0 Å². The minimum absolute atomic E-state index is 0.126. The summed E-state index contributed by atoms with van der Waals surface area (Å²) in [5.41, 5.74) is 2.29. The smallest absolute Gasteiger partial charge is 0.311 e. The number of hydrogen-bond donors (Lipinski definition) is 0.